The largest absolute Gasteiger partial charge is 0.464 e. The molecule has 38 heavy (non-hydrogen) atoms. The first kappa shape index (κ1) is 27.5. The Hall–Kier alpha value is -3.52. The van der Waals surface area contributed by atoms with Crippen LogP contribution in [-0.4, -0.2) is 36.8 Å². The van der Waals surface area contributed by atoms with E-state index in [4.69, 9.17) is 9.15 Å². The molecule has 0 spiro atoms. The molecule has 1 unspecified atom stereocenters. The van der Waals surface area contributed by atoms with E-state index in [0.29, 0.717) is 13.1 Å². The van der Waals surface area contributed by atoms with Gasteiger partial charge in [-0.1, -0.05) is 54.6 Å². The Bertz CT molecular complexity index is 1270. The zero-order valence-corrected chi connectivity index (χ0v) is 21.5. The molecule has 0 bridgehead atoms. The SMILES string of the molecule is O=C(COCc1ccc(F)cc1)NCCCc1ccc(CNC(CO)CCc2coc3ccccc23)cc1. The molecule has 0 saturated heterocycles. The van der Waals surface area contributed by atoms with Crippen LogP contribution >= 0.6 is 0 Å². The number of aryl methyl sites for hydroxylation is 2. The van der Waals surface area contributed by atoms with Gasteiger partial charge >= 0.3 is 0 Å². The summed E-state index contributed by atoms with van der Waals surface area (Å²) in [6.45, 7) is 1.59. The molecule has 3 N–H and O–H groups in total. The number of hydrogen-bond acceptors (Lipinski definition) is 5. The van der Waals surface area contributed by atoms with Crippen molar-refractivity contribution in [2.45, 2.75) is 44.9 Å². The number of fused-ring (bicyclic) bond motifs is 1. The highest BCUT2D eigenvalue weighted by Gasteiger charge is 2.11. The van der Waals surface area contributed by atoms with Gasteiger partial charge in [-0.05, 0) is 66.1 Å². The van der Waals surface area contributed by atoms with Gasteiger partial charge in [-0.25, -0.2) is 4.39 Å². The van der Waals surface area contributed by atoms with E-state index in [1.807, 2.05) is 24.5 Å². The van der Waals surface area contributed by atoms with Crippen LogP contribution in [0.15, 0.2) is 83.5 Å². The fraction of sp³-hybridized carbons (Fsp3) is 0.323. The normalized spacial score (nSPS) is 12.1. The number of amides is 1. The summed E-state index contributed by atoms with van der Waals surface area (Å²) < 4.78 is 23.9. The number of aliphatic hydroxyl groups excluding tert-OH is 1. The summed E-state index contributed by atoms with van der Waals surface area (Å²) in [5.74, 6) is -0.452. The molecular formula is C31H35FN2O4. The highest BCUT2D eigenvalue weighted by molar-refractivity contribution is 5.80. The predicted octanol–water partition coefficient (Wildman–Crippen LogP) is 4.92. The zero-order valence-electron chi connectivity index (χ0n) is 21.5. The number of benzene rings is 3. The molecule has 1 heterocycles. The minimum absolute atomic E-state index is 0.00613. The lowest BCUT2D eigenvalue weighted by atomic mass is 10.0. The molecule has 4 aromatic rings. The van der Waals surface area contributed by atoms with Gasteiger partial charge in [-0.2, -0.15) is 0 Å². The molecule has 200 valence electrons. The van der Waals surface area contributed by atoms with Gasteiger partial charge in [-0.15, -0.1) is 0 Å². The number of para-hydroxylation sites is 1. The number of nitrogens with one attached hydrogen (secondary N) is 2. The summed E-state index contributed by atoms with van der Waals surface area (Å²) >= 11 is 0. The standard InChI is InChI=1S/C31H35FN2O4/c32-27-14-11-25(12-15-27)20-37-22-31(36)33-17-3-4-23-7-9-24(10-8-23)18-34-28(19-35)16-13-26-21-38-30-6-2-1-5-29(26)30/h1-2,5-12,14-15,21,28,34-35H,3-4,13,16-20,22H2,(H,33,36). The van der Waals surface area contributed by atoms with Crippen LogP contribution in [0, 0.1) is 5.82 Å². The Morgan fingerprint density at radius 2 is 1.68 bits per heavy atom. The van der Waals surface area contributed by atoms with Gasteiger partial charge in [0, 0.05) is 24.5 Å². The smallest absolute Gasteiger partial charge is 0.246 e. The molecule has 1 amide bonds. The van der Waals surface area contributed by atoms with Gasteiger partial charge < -0.3 is 24.9 Å². The van der Waals surface area contributed by atoms with Crippen LogP contribution in [-0.2, 0) is 35.5 Å². The molecule has 0 aliphatic carbocycles. The van der Waals surface area contributed by atoms with Crippen LogP contribution in [0.4, 0.5) is 4.39 Å². The quantitative estimate of drug-likeness (QED) is 0.195. The number of furan rings is 1. The average Bonchev–Trinajstić information content (AvgIpc) is 3.36. The van der Waals surface area contributed by atoms with Crippen molar-refractivity contribution in [2.75, 3.05) is 19.8 Å². The average molecular weight is 519 g/mol. The highest BCUT2D eigenvalue weighted by atomic mass is 19.1. The number of carbonyl (C=O) groups excluding carboxylic acids is 1. The van der Waals surface area contributed by atoms with Gasteiger partial charge in [0.1, 0.15) is 18.0 Å². The number of rotatable bonds is 15. The number of aliphatic hydroxyl groups is 1. The van der Waals surface area contributed by atoms with Crippen molar-refractivity contribution in [1.82, 2.24) is 10.6 Å². The van der Waals surface area contributed by atoms with Gasteiger partial charge in [0.15, 0.2) is 0 Å². The first-order valence-electron chi connectivity index (χ1n) is 13.1. The summed E-state index contributed by atoms with van der Waals surface area (Å²) in [4.78, 5) is 11.9. The van der Waals surface area contributed by atoms with Crippen molar-refractivity contribution < 1.29 is 23.4 Å². The molecule has 0 fully saturated rings. The Morgan fingerprint density at radius 1 is 0.947 bits per heavy atom. The van der Waals surface area contributed by atoms with Crippen LogP contribution in [0.2, 0.25) is 0 Å². The van der Waals surface area contributed by atoms with Gasteiger partial charge in [0.25, 0.3) is 0 Å². The van der Waals surface area contributed by atoms with Gasteiger partial charge in [-0.3, -0.25) is 4.79 Å². The fourth-order valence-corrected chi connectivity index (χ4v) is 4.31. The second-order valence-electron chi connectivity index (χ2n) is 9.45. The number of carbonyl (C=O) groups is 1. The van der Waals surface area contributed by atoms with E-state index in [-0.39, 0.29) is 37.6 Å². The summed E-state index contributed by atoms with van der Waals surface area (Å²) in [6, 6.07) is 22.5. The van der Waals surface area contributed by atoms with Crippen LogP contribution in [0.25, 0.3) is 11.0 Å². The number of halogens is 1. The minimum atomic E-state index is -0.292. The van der Waals surface area contributed by atoms with E-state index in [1.165, 1.54) is 23.3 Å². The Labute approximate surface area is 222 Å². The molecule has 6 nitrogen and oxygen atoms in total. The monoisotopic (exact) mass is 518 g/mol. The third-order valence-corrected chi connectivity index (χ3v) is 6.54. The van der Waals surface area contributed by atoms with E-state index in [9.17, 15) is 14.3 Å². The summed E-state index contributed by atoms with van der Waals surface area (Å²) in [5, 5.41) is 17.3. The van der Waals surface area contributed by atoms with Crippen molar-refractivity contribution in [3.8, 4) is 0 Å². The number of ether oxygens (including phenoxy) is 1. The molecule has 0 saturated carbocycles. The maximum atomic E-state index is 12.9. The van der Waals surface area contributed by atoms with Crippen molar-refractivity contribution >= 4 is 16.9 Å². The predicted molar refractivity (Wildman–Crippen MR) is 146 cm³/mol. The van der Waals surface area contributed by atoms with Crippen LogP contribution in [0.1, 0.15) is 35.1 Å². The first-order chi connectivity index (χ1) is 18.6. The second kappa shape index (κ2) is 14.4. The lowest BCUT2D eigenvalue weighted by molar-refractivity contribution is -0.126. The van der Waals surface area contributed by atoms with E-state index < -0.39 is 0 Å². The van der Waals surface area contributed by atoms with Crippen molar-refractivity contribution in [3.05, 3.63) is 107 Å². The molecule has 0 aliphatic rings. The maximum Gasteiger partial charge on any atom is 0.246 e. The Morgan fingerprint density at radius 3 is 2.47 bits per heavy atom. The second-order valence-corrected chi connectivity index (χ2v) is 9.45. The molecule has 1 atom stereocenters. The fourth-order valence-electron chi connectivity index (χ4n) is 4.31. The molecule has 1 aromatic heterocycles. The lowest BCUT2D eigenvalue weighted by Crippen LogP contribution is -2.32. The van der Waals surface area contributed by atoms with Crippen molar-refractivity contribution in [2.24, 2.45) is 0 Å². The van der Waals surface area contributed by atoms with E-state index in [2.05, 4.69) is 41.0 Å². The summed E-state index contributed by atoms with van der Waals surface area (Å²) in [6.07, 6.45) is 5.17. The van der Waals surface area contributed by atoms with Crippen LogP contribution < -0.4 is 10.6 Å². The third-order valence-electron chi connectivity index (χ3n) is 6.54. The third kappa shape index (κ3) is 8.52. The zero-order chi connectivity index (χ0) is 26.6. The molecule has 3 aromatic carbocycles. The molecule has 0 radical (unpaired) electrons. The topological polar surface area (TPSA) is 83.7 Å². The minimum Gasteiger partial charge on any atom is -0.464 e. The van der Waals surface area contributed by atoms with E-state index >= 15 is 0 Å². The van der Waals surface area contributed by atoms with Crippen LogP contribution in [0.5, 0.6) is 0 Å². The maximum absolute atomic E-state index is 12.9. The van der Waals surface area contributed by atoms with Crippen LogP contribution in [0.3, 0.4) is 0 Å². The molecular weight excluding hydrogens is 483 g/mol. The van der Waals surface area contributed by atoms with Crippen molar-refractivity contribution in [1.29, 1.82) is 0 Å². The van der Waals surface area contributed by atoms with Gasteiger partial charge in [0.05, 0.1) is 19.5 Å². The summed E-state index contributed by atoms with van der Waals surface area (Å²) in [5.41, 5.74) is 5.26. The summed E-state index contributed by atoms with van der Waals surface area (Å²) in [7, 11) is 0. The van der Waals surface area contributed by atoms with Gasteiger partial charge in [0.2, 0.25) is 5.91 Å². The molecule has 7 heteroatoms. The first-order valence-corrected chi connectivity index (χ1v) is 13.1. The van der Waals surface area contributed by atoms with E-state index in [1.54, 1.807) is 12.1 Å². The highest BCUT2D eigenvalue weighted by Crippen LogP contribution is 2.22. The Kier molecular flexibility index (Phi) is 10.4. The lowest BCUT2D eigenvalue weighted by Gasteiger charge is -2.16. The molecule has 4 rings (SSSR count). The Balaban J connectivity index is 1.10. The number of hydrogen-bond donors (Lipinski definition) is 3. The molecule has 0 aliphatic heterocycles. The van der Waals surface area contributed by atoms with Crippen molar-refractivity contribution in [3.63, 3.8) is 0 Å². The van der Waals surface area contributed by atoms with E-state index in [0.717, 1.165) is 47.8 Å².